The molecular formula is C10H5F6IO2. The van der Waals surface area contributed by atoms with E-state index in [2.05, 4.69) is 4.74 Å². The molecule has 9 heteroatoms. The van der Waals surface area contributed by atoms with Crippen molar-refractivity contribution >= 4 is 28.6 Å². The van der Waals surface area contributed by atoms with Gasteiger partial charge in [0.15, 0.2) is 0 Å². The van der Waals surface area contributed by atoms with Gasteiger partial charge in [-0.25, -0.2) is 4.79 Å². The molecule has 0 amide bonds. The summed E-state index contributed by atoms with van der Waals surface area (Å²) in [6, 6.07) is 0.878. The molecule has 0 saturated carbocycles. The molecule has 0 aromatic heterocycles. The van der Waals surface area contributed by atoms with Gasteiger partial charge in [0.2, 0.25) is 0 Å². The summed E-state index contributed by atoms with van der Waals surface area (Å²) in [7, 11) is 0.840. The minimum absolute atomic E-state index is 0.420. The second-order valence-electron chi connectivity index (χ2n) is 3.34. The highest BCUT2D eigenvalue weighted by Gasteiger charge is 2.43. The molecule has 0 aliphatic heterocycles. The van der Waals surface area contributed by atoms with Gasteiger partial charge in [-0.15, -0.1) is 0 Å². The van der Waals surface area contributed by atoms with Crippen LogP contribution in [-0.2, 0) is 17.1 Å². The fraction of sp³-hybridized carbons (Fsp3) is 0.300. The van der Waals surface area contributed by atoms with Gasteiger partial charge in [-0.2, -0.15) is 26.3 Å². The molecule has 0 N–H and O–H groups in total. The van der Waals surface area contributed by atoms with Crippen LogP contribution in [0.15, 0.2) is 12.1 Å². The predicted molar refractivity (Wildman–Crippen MR) is 60.5 cm³/mol. The molecule has 0 aliphatic carbocycles. The van der Waals surface area contributed by atoms with E-state index in [9.17, 15) is 31.1 Å². The highest BCUT2D eigenvalue weighted by molar-refractivity contribution is 14.1. The van der Waals surface area contributed by atoms with E-state index < -0.39 is 38.6 Å². The Balaban J connectivity index is 3.65. The van der Waals surface area contributed by atoms with Crippen LogP contribution in [0.1, 0.15) is 21.5 Å². The summed E-state index contributed by atoms with van der Waals surface area (Å²) < 4.78 is 79.1. The maximum atomic E-state index is 12.8. The van der Waals surface area contributed by atoms with Crippen molar-refractivity contribution in [2.45, 2.75) is 12.4 Å². The Morgan fingerprint density at radius 2 is 1.63 bits per heavy atom. The van der Waals surface area contributed by atoms with E-state index in [1.165, 1.54) is 0 Å². The van der Waals surface area contributed by atoms with Gasteiger partial charge >= 0.3 is 18.3 Å². The van der Waals surface area contributed by atoms with Crippen molar-refractivity contribution in [3.05, 3.63) is 32.4 Å². The second kappa shape index (κ2) is 5.17. The zero-order chi connectivity index (χ0) is 15.0. The summed E-state index contributed by atoms with van der Waals surface area (Å²) in [6.07, 6.45) is -10.0. The van der Waals surface area contributed by atoms with E-state index in [4.69, 9.17) is 0 Å². The van der Waals surface area contributed by atoms with Crippen LogP contribution < -0.4 is 0 Å². The number of ether oxygens (including phenoxy) is 1. The van der Waals surface area contributed by atoms with E-state index in [0.29, 0.717) is 12.1 Å². The van der Waals surface area contributed by atoms with Gasteiger partial charge in [0.1, 0.15) is 0 Å². The Morgan fingerprint density at radius 1 is 1.11 bits per heavy atom. The average Bonchev–Trinajstić information content (AvgIpc) is 2.23. The van der Waals surface area contributed by atoms with Gasteiger partial charge in [-0.05, 0) is 34.7 Å². The lowest BCUT2D eigenvalue weighted by Crippen LogP contribution is -2.20. The van der Waals surface area contributed by atoms with Crippen molar-refractivity contribution in [1.29, 1.82) is 0 Å². The first kappa shape index (κ1) is 16.1. The molecule has 19 heavy (non-hydrogen) atoms. The lowest BCUT2D eigenvalue weighted by atomic mass is 10.0. The Hall–Kier alpha value is -1.00. The standard InChI is InChI=1S/C10H5F6IO2/c1-19-8(18)4-2-3-5(9(11,12)13)7(17)6(4)10(14,15)16/h2-3H,1H3. The number of alkyl halides is 6. The smallest absolute Gasteiger partial charge is 0.418 e. The Kier molecular flexibility index (Phi) is 4.37. The van der Waals surface area contributed by atoms with Crippen molar-refractivity contribution in [3.63, 3.8) is 0 Å². The molecule has 0 saturated heterocycles. The molecule has 0 atom stereocenters. The molecule has 0 aliphatic rings. The number of hydrogen-bond acceptors (Lipinski definition) is 2. The van der Waals surface area contributed by atoms with Crippen molar-refractivity contribution in [1.82, 2.24) is 0 Å². The van der Waals surface area contributed by atoms with Gasteiger partial charge in [0.05, 0.1) is 23.8 Å². The quantitative estimate of drug-likeness (QED) is 0.405. The first-order valence-electron chi connectivity index (χ1n) is 4.55. The molecule has 1 aromatic carbocycles. The van der Waals surface area contributed by atoms with Crippen LogP contribution in [-0.4, -0.2) is 13.1 Å². The number of methoxy groups -OCH3 is 1. The van der Waals surface area contributed by atoms with Gasteiger partial charge in [0.25, 0.3) is 0 Å². The Morgan fingerprint density at radius 3 is 2.00 bits per heavy atom. The Bertz CT molecular complexity index is 506. The predicted octanol–water partition coefficient (Wildman–Crippen LogP) is 4.12. The molecule has 0 heterocycles. The Labute approximate surface area is 116 Å². The van der Waals surface area contributed by atoms with Crippen LogP contribution in [0.5, 0.6) is 0 Å². The molecule has 1 rings (SSSR count). The number of hydrogen-bond donors (Lipinski definition) is 0. The van der Waals surface area contributed by atoms with Crippen LogP contribution >= 0.6 is 22.6 Å². The highest BCUT2D eigenvalue weighted by atomic mass is 127. The lowest BCUT2D eigenvalue weighted by Gasteiger charge is -2.17. The number of carbonyl (C=O) groups is 1. The third kappa shape index (κ3) is 3.31. The van der Waals surface area contributed by atoms with E-state index in [1.54, 1.807) is 0 Å². The molecule has 0 fully saturated rings. The maximum absolute atomic E-state index is 12.8. The highest BCUT2D eigenvalue weighted by Crippen LogP contribution is 2.41. The van der Waals surface area contributed by atoms with Gasteiger partial charge in [-0.1, -0.05) is 0 Å². The second-order valence-corrected chi connectivity index (χ2v) is 4.42. The van der Waals surface area contributed by atoms with E-state index >= 15 is 0 Å². The first-order chi connectivity index (χ1) is 8.50. The summed E-state index contributed by atoms with van der Waals surface area (Å²) >= 11 is 0.919. The van der Waals surface area contributed by atoms with E-state index in [1.807, 2.05) is 0 Å². The third-order valence-corrected chi connectivity index (χ3v) is 3.26. The van der Waals surface area contributed by atoms with Crippen LogP contribution in [0, 0.1) is 3.57 Å². The molecule has 106 valence electrons. The molecule has 0 unspecified atom stereocenters. The zero-order valence-electron chi connectivity index (χ0n) is 9.12. The molecule has 0 bridgehead atoms. The van der Waals surface area contributed by atoms with Crippen molar-refractivity contribution in [2.75, 3.05) is 7.11 Å². The summed E-state index contributed by atoms with van der Waals surface area (Å²) in [5, 5.41) is 0. The lowest BCUT2D eigenvalue weighted by molar-refractivity contribution is -0.144. The topological polar surface area (TPSA) is 26.3 Å². The molecule has 2 nitrogen and oxygen atoms in total. The average molecular weight is 398 g/mol. The number of esters is 1. The monoisotopic (exact) mass is 398 g/mol. The normalized spacial score (nSPS) is 12.4. The van der Waals surface area contributed by atoms with Gasteiger partial charge in [0, 0.05) is 3.57 Å². The van der Waals surface area contributed by atoms with E-state index in [0.717, 1.165) is 29.7 Å². The third-order valence-electron chi connectivity index (χ3n) is 2.14. The SMILES string of the molecule is COC(=O)c1ccc(C(F)(F)F)c(I)c1C(F)(F)F. The number of benzene rings is 1. The van der Waals surface area contributed by atoms with E-state index in [-0.39, 0.29) is 0 Å². The summed E-state index contributed by atoms with van der Waals surface area (Å²) in [4.78, 5) is 11.2. The maximum Gasteiger partial charge on any atom is 0.418 e. The summed E-state index contributed by atoms with van der Waals surface area (Å²) in [6.45, 7) is 0. The van der Waals surface area contributed by atoms with Crippen LogP contribution in [0.25, 0.3) is 0 Å². The number of rotatable bonds is 1. The van der Waals surface area contributed by atoms with Crippen molar-refractivity contribution < 1.29 is 35.9 Å². The summed E-state index contributed by atoms with van der Waals surface area (Å²) in [5.41, 5.74) is -4.05. The van der Waals surface area contributed by atoms with Crippen LogP contribution in [0.2, 0.25) is 0 Å². The molecular weight excluding hydrogens is 393 g/mol. The minimum Gasteiger partial charge on any atom is -0.465 e. The van der Waals surface area contributed by atoms with Gasteiger partial charge < -0.3 is 4.74 Å². The molecule has 1 aromatic rings. The fourth-order valence-electron chi connectivity index (χ4n) is 1.35. The fourth-order valence-corrected chi connectivity index (χ4v) is 2.43. The van der Waals surface area contributed by atoms with Crippen LogP contribution in [0.4, 0.5) is 26.3 Å². The first-order valence-corrected chi connectivity index (χ1v) is 5.63. The van der Waals surface area contributed by atoms with Gasteiger partial charge in [-0.3, -0.25) is 0 Å². The number of carbonyl (C=O) groups excluding carboxylic acids is 1. The molecule has 0 radical (unpaired) electrons. The molecule has 0 spiro atoms. The van der Waals surface area contributed by atoms with Crippen molar-refractivity contribution in [3.8, 4) is 0 Å². The summed E-state index contributed by atoms with van der Waals surface area (Å²) in [5.74, 6) is -1.35. The van der Waals surface area contributed by atoms with Crippen molar-refractivity contribution in [2.24, 2.45) is 0 Å². The minimum atomic E-state index is -5.10. The van der Waals surface area contributed by atoms with Crippen LogP contribution in [0.3, 0.4) is 0 Å². The largest absolute Gasteiger partial charge is 0.465 e. The number of halogens is 7. The zero-order valence-corrected chi connectivity index (χ0v) is 11.3.